The first kappa shape index (κ1) is 13.4. The lowest BCUT2D eigenvalue weighted by molar-refractivity contribution is 0.161. The van der Waals surface area contributed by atoms with Crippen molar-refractivity contribution in [2.45, 2.75) is 64.3 Å². The first-order valence-corrected chi connectivity index (χ1v) is 7.51. The van der Waals surface area contributed by atoms with Crippen LogP contribution in [0.4, 0.5) is 4.79 Å². The molecule has 2 rings (SSSR count). The fraction of sp³-hybridized carbons (Fsp3) is 0.800. The Kier molecular flexibility index (Phi) is 5.09. The van der Waals surface area contributed by atoms with E-state index in [1.54, 1.807) is 0 Å². The number of carbonyl (C=O) groups is 1. The fourth-order valence-corrected chi connectivity index (χ4v) is 3.06. The maximum Gasteiger partial charge on any atom is 0.321 e. The highest BCUT2D eigenvalue weighted by atomic mass is 16.2. The van der Waals surface area contributed by atoms with Gasteiger partial charge in [0.25, 0.3) is 0 Å². The quantitative estimate of drug-likeness (QED) is 0.797. The number of hydrogen-bond acceptors (Lipinski definition) is 1. The minimum absolute atomic E-state index is 0.0780. The van der Waals surface area contributed by atoms with Gasteiger partial charge >= 0.3 is 6.03 Å². The van der Waals surface area contributed by atoms with Gasteiger partial charge in [0.15, 0.2) is 0 Å². The standard InChI is InChI=1S/C15H26N2O/c1-13-7-5-6-12-17(13)15(18)16-11-10-14-8-3-2-4-9-14/h10-11,13-14H,2-9,12H2,1H3,(H,16,18)/b11-10+. The van der Waals surface area contributed by atoms with Gasteiger partial charge in [-0.2, -0.15) is 0 Å². The summed E-state index contributed by atoms with van der Waals surface area (Å²) in [5.41, 5.74) is 0. The second kappa shape index (κ2) is 6.81. The van der Waals surface area contributed by atoms with Gasteiger partial charge in [-0.15, -0.1) is 0 Å². The van der Waals surface area contributed by atoms with Gasteiger partial charge in [0.1, 0.15) is 0 Å². The lowest BCUT2D eigenvalue weighted by Crippen LogP contribution is -2.46. The molecule has 0 aromatic carbocycles. The molecular weight excluding hydrogens is 224 g/mol. The summed E-state index contributed by atoms with van der Waals surface area (Å²) in [5, 5.41) is 2.94. The van der Waals surface area contributed by atoms with Crippen LogP contribution in [0.25, 0.3) is 0 Å². The average Bonchev–Trinajstić information content (AvgIpc) is 2.40. The van der Waals surface area contributed by atoms with Crippen LogP contribution in [0.2, 0.25) is 0 Å². The van der Waals surface area contributed by atoms with E-state index in [2.05, 4.69) is 18.3 Å². The largest absolute Gasteiger partial charge is 0.322 e. The number of piperidine rings is 1. The molecule has 0 aromatic rings. The van der Waals surface area contributed by atoms with Crippen LogP contribution >= 0.6 is 0 Å². The molecule has 0 bridgehead atoms. The SMILES string of the molecule is CC1CCCCN1C(=O)N/C=C/C1CCCCC1. The minimum atomic E-state index is 0.0780. The van der Waals surface area contributed by atoms with Gasteiger partial charge in [-0.3, -0.25) is 0 Å². The summed E-state index contributed by atoms with van der Waals surface area (Å²) >= 11 is 0. The lowest BCUT2D eigenvalue weighted by atomic mass is 9.89. The van der Waals surface area contributed by atoms with Crippen LogP contribution in [0.1, 0.15) is 58.3 Å². The van der Waals surface area contributed by atoms with Crippen LogP contribution in [0.15, 0.2) is 12.3 Å². The number of carbonyl (C=O) groups excluding carboxylic acids is 1. The van der Waals surface area contributed by atoms with E-state index in [0.717, 1.165) is 19.4 Å². The molecule has 18 heavy (non-hydrogen) atoms. The van der Waals surface area contributed by atoms with E-state index in [4.69, 9.17) is 0 Å². The molecule has 3 heteroatoms. The average molecular weight is 250 g/mol. The van der Waals surface area contributed by atoms with Crippen molar-refractivity contribution in [3.8, 4) is 0 Å². The van der Waals surface area contributed by atoms with Gasteiger partial charge in [-0.25, -0.2) is 4.79 Å². The number of hydrogen-bond donors (Lipinski definition) is 1. The molecule has 1 atom stereocenters. The fourth-order valence-electron chi connectivity index (χ4n) is 3.06. The van der Waals surface area contributed by atoms with E-state index >= 15 is 0 Å². The van der Waals surface area contributed by atoms with Crippen molar-refractivity contribution in [1.82, 2.24) is 10.2 Å². The highest BCUT2D eigenvalue weighted by Gasteiger charge is 2.22. The van der Waals surface area contributed by atoms with Gasteiger partial charge < -0.3 is 10.2 Å². The van der Waals surface area contributed by atoms with E-state index in [9.17, 15) is 4.79 Å². The molecule has 1 aliphatic heterocycles. The third-order valence-electron chi connectivity index (χ3n) is 4.29. The molecule has 0 radical (unpaired) electrons. The van der Waals surface area contributed by atoms with Crippen LogP contribution in [-0.4, -0.2) is 23.5 Å². The second-order valence-corrected chi connectivity index (χ2v) is 5.74. The molecular formula is C15H26N2O. The normalized spacial score (nSPS) is 26.5. The highest BCUT2D eigenvalue weighted by molar-refractivity contribution is 5.75. The Bertz CT molecular complexity index is 295. The molecule has 1 saturated carbocycles. The molecule has 0 aromatic heterocycles. The molecule has 1 saturated heterocycles. The zero-order valence-electron chi connectivity index (χ0n) is 11.5. The van der Waals surface area contributed by atoms with Crippen molar-refractivity contribution in [3.63, 3.8) is 0 Å². The van der Waals surface area contributed by atoms with Crippen LogP contribution < -0.4 is 5.32 Å². The van der Waals surface area contributed by atoms with E-state index < -0.39 is 0 Å². The Hall–Kier alpha value is -0.990. The van der Waals surface area contributed by atoms with Gasteiger partial charge in [0.2, 0.25) is 0 Å². The van der Waals surface area contributed by atoms with Gasteiger partial charge in [0, 0.05) is 18.8 Å². The molecule has 1 unspecified atom stereocenters. The molecule has 2 aliphatic rings. The van der Waals surface area contributed by atoms with Gasteiger partial charge in [0.05, 0.1) is 0 Å². The van der Waals surface area contributed by atoms with Crippen molar-refractivity contribution < 1.29 is 4.79 Å². The molecule has 0 spiro atoms. The van der Waals surface area contributed by atoms with E-state index in [0.29, 0.717) is 12.0 Å². The summed E-state index contributed by atoms with van der Waals surface area (Å²) < 4.78 is 0. The minimum Gasteiger partial charge on any atom is -0.322 e. The van der Waals surface area contributed by atoms with Crippen LogP contribution in [-0.2, 0) is 0 Å². The topological polar surface area (TPSA) is 32.3 Å². The summed E-state index contributed by atoms with van der Waals surface area (Å²) in [6.45, 7) is 3.05. The Morgan fingerprint density at radius 3 is 2.56 bits per heavy atom. The molecule has 1 N–H and O–H groups in total. The van der Waals surface area contributed by atoms with E-state index in [-0.39, 0.29) is 6.03 Å². The summed E-state index contributed by atoms with van der Waals surface area (Å²) in [5.74, 6) is 0.679. The molecule has 1 aliphatic carbocycles. The number of allylic oxidation sites excluding steroid dienone is 1. The first-order chi connectivity index (χ1) is 8.77. The van der Waals surface area contributed by atoms with Gasteiger partial charge in [-0.1, -0.05) is 25.3 Å². The maximum atomic E-state index is 12.0. The number of likely N-dealkylation sites (tertiary alicyclic amines) is 1. The Morgan fingerprint density at radius 1 is 1.11 bits per heavy atom. The van der Waals surface area contributed by atoms with Crippen molar-refractivity contribution in [2.75, 3.05) is 6.54 Å². The molecule has 3 nitrogen and oxygen atoms in total. The molecule has 2 amide bonds. The molecule has 2 fully saturated rings. The predicted molar refractivity (Wildman–Crippen MR) is 74.3 cm³/mol. The third kappa shape index (κ3) is 3.76. The summed E-state index contributed by atoms with van der Waals surface area (Å²) in [4.78, 5) is 14.0. The molecule has 1 heterocycles. The predicted octanol–water partition coefficient (Wildman–Crippen LogP) is 3.66. The number of rotatable bonds is 2. The summed E-state index contributed by atoms with van der Waals surface area (Å²) in [7, 11) is 0. The number of nitrogens with zero attached hydrogens (tertiary/aromatic N) is 1. The lowest BCUT2D eigenvalue weighted by Gasteiger charge is -2.33. The van der Waals surface area contributed by atoms with Crippen molar-refractivity contribution >= 4 is 6.03 Å². The van der Waals surface area contributed by atoms with E-state index in [1.807, 2.05) is 11.1 Å². The summed E-state index contributed by atoms with van der Waals surface area (Å²) in [6.07, 6.45) is 14.2. The number of urea groups is 1. The monoisotopic (exact) mass is 250 g/mol. The second-order valence-electron chi connectivity index (χ2n) is 5.74. The zero-order valence-corrected chi connectivity index (χ0v) is 11.5. The van der Waals surface area contributed by atoms with Crippen molar-refractivity contribution in [1.29, 1.82) is 0 Å². The number of nitrogens with one attached hydrogen (secondary N) is 1. The highest BCUT2D eigenvalue weighted by Crippen LogP contribution is 2.24. The Labute approximate surface area is 111 Å². The number of amides is 2. The smallest absolute Gasteiger partial charge is 0.321 e. The Balaban J connectivity index is 1.74. The Morgan fingerprint density at radius 2 is 1.83 bits per heavy atom. The van der Waals surface area contributed by atoms with Crippen LogP contribution in [0, 0.1) is 5.92 Å². The van der Waals surface area contributed by atoms with E-state index in [1.165, 1.54) is 38.5 Å². The van der Waals surface area contributed by atoms with Gasteiger partial charge in [-0.05, 0) is 44.9 Å². The maximum absolute atomic E-state index is 12.0. The summed E-state index contributed by atoms with van der Waals surface area (Å²) in [6, 6.07) is 0.469. The van der Waals surface area contributed by atoms with Crippen LogP contribution in [0.3, 0.4) is 0 Å². The van der Waals surface area contributed by atoms with Crippen molar-refractivity contribution in [3.05, 3.63) is 12.3 Å². The third-order valence-corrected chi connectivity index (χ3v) is 4.29. The van der Waals surface area contributed by atoms with Crippen molar-refractivity contribution in [2.24, 2.45) is 5.92 Å². The first-order valence-electron chi connectivity index (χ1n) is 7.51. The van der Waals surface area contributed by atoms with Crippen LogP contribution in [0.5, 0.6) is 0 Å². The zero-order chi connectivity index (χ0) is 12.8. The molecule has 102 valence electrons.